The Morgan fingerprint density at radius 2 is 1.84 bits per heavy atom. The van der Waals surface area contributed by atoms with Gasteiger partial charge in [0.2, 0.25) is 0 Å². The highest BCUT2D eigenvalue weighted by molar-refractivity contribution is 5.47. The van der Waals surface area contributed by atoms with Crippen LogP contribution in [0.25, 0.3) is 0 Å². The highest BCUT2D eigenvalue weighted by Crippen LogP contribution is 2.39. The molecule has 0 saturated carbocycles. The first-order chi connectivity index (χ1) is 14.5. The maximum atomic E-state index is 10.2. The standard InChI is InChI=1S/C27H40O4/c1-18(2)15-24(29)25(30)20(4)11-7-9-19(3)10-8-13-27(6)14-12-22-17-23(28)16-21(5)26(22)31-27/h10-11,15-17,24-25,28-30H,7-9,12-14H2,1-6H3/b19-10+,20-11+/t24-,25+,27+/m0/s1. The smallest absolute Gasteiger partial charge is 0.126 e. The lowest BCUT2D eigenvalue weighted by Crippen LogP contribution is -2.36. The van der Waals surface area contributed by atoms with Gasteiger partial charge in [0.05, 0.1) is 0 Å². The minimum atomic E-state index is -0.855. The van der Waals surface area contributed by atoms with Crippen molar-refractivity contribution in [2.24, 2.45) is 0 Å². The highest BCUT2D eigenvalue weighted by Gasteiger charge is 2.32. The predicted octanol–water partition coefficient (Wildman–Crippen LogP) is 5.93. The van der Waals surface area contributed by atoms with Crippen LogP contribution in [0.5, 0.6) is 11.5 Å². The molecule has 3 N–H and O–H groups in total. The first-order valence-corrected chi connectivity index (χ1v) is 11.4. The van der Waals surface area contributed by atoms with Gasteiger partial charge in [0, 0.05) is 0 Å². The molecule has 2 rings (SSSR count). The van der Waals surface area contributed by atoms with Crippen LogP contribution in [-0.2, 0) is 6.42 Å². The largest absolute Gasteiger partial charge is 0.508 e. The molecule has 1 aromatic rings. The number of phenolic OH excluding ortho intramolecular Hbond substituents is 1. The Labute approximate surface area is 188 Å². The summed E-state index contributed by atoms with van der Waals surface area (Å²) in [5, 5.41) is 30.0. The average Bonchev–Trinajstić information content (AvgIpc) is 2.67. The van der Waals surface area contributed by atoms with Crippen molar-refractivity contribution in [3.8, 4) is 11.5 Å². The molecule has 0 saturated heterocycles. The van der Waals surface area contributed by atoms with Crippen molar-refractivity contribution in [2.45, 2.75) is 97.9 Å². The molecule has 0 bridgehead atoms. The van der Waals surface area contributed by atoms with E-state index in [2.05, 4.69) is 19.9 Å². The number of fused-ring (bicyclic) bond motifs is 1. The second kappa shape index (κ2) is 11.0. The quantitative estimate of drug-likeness (QED) is 0.427. The van der Waals surface area contributed by atoms with Crippen LogP contribution in [0.15, 0.2) is 47.1 Å². The first-order valence-electron chi connectivity index (χ1n) is 11.4. The third-order valence-electron chi connectivity index (χ3n) is 6.07. The van der Waals surface area contributed by atoms with Crippen LogP contribution in [0.2, 0.25) is 0 Å². The van der Waals surface area contributed by atoms with Crippen molar-refractivity contribution in [1.29, 1.82) is 0 Å². The van der Waals surface area contributed by atoms with E-state index in [1.807, 2.05) is 39.8 Å². The SMILES string of the molecule is CC(C)=C[C@H](O)[C@H](O)/C(C)=C/CC/C(C)=C/CC[C@]1(C)CCc2cc(O)cc(C)c2O1. The van der Waals surface area contributed by atoms with Crippen molar-refractivity contribution >= 4 is 0 Å². The lowest BCUT2D eigenvalue weighted by molar-refractivity contribution is 0.0561. The van der Waals surface area contributed by atoms with E-state index in [1.54, 1.807) is 12.1 Å². The van der Waals surface area contributed by atoms with Gasteiger partial charge in [0.15, 0.2) is 0 Å². The normalized spacial score (nSPS) is 21.2. The van der Waals surface area contributed by atoms with Crippen molar-refractivity contribution < 1.29 is 20.1 Å². The van der Waals surface area contributed by atoms with E-state index in [9.17, 15) is 15.3 Å². The van der Waals surface area contributed by atoms with Gasteiger partial charge in [0.25, 0.3) is 0 Å². The van der Waals surface area contributed by atoms with E-state index in [0.29, 0.717) is 5.75 Å². The van der Waals surface area contributed by atoms with Gasteiger partial charge in [-0.1, -0.05) is 29.4 Å². The Hall–Kier alpha value is -2.04. The highest BCUT2D eigenvalue weighted by atomic mass is 16.5. The first kappa shape index (κ1) is 25.2. The van der Waals surface area contributed by atoms with Gasteiger partial charge in [-0.3, -0.25) is 0 Å². The molecule has 0 unspecified atom stereocenters. The topological polar surface area (TPSA) is 69.9 Å². The minimum absolute atomic E-state index is 0.187. The number of phenols is 1. The fraction of sp³-hybridized carbons (Fsp3) is 0.556. The fourth-order valence-corrected chi connectivity index (χ4v) is 4.11. The number of hydrogen-bond acceptors (Lipinski definition) is 4. The van der Waals surface area contributed by atoms with Gasteiger partial charge in [-0.05, 0) is 109 Å². The molecule has 0 amide bonds. The summed E-state index contributed by atoms with van der Waals surface area (Å²) in [4.78, 5) is 0. The van der Waals surface area contributed by atoms with Gasteiger partial charge in [-0.25, -0.2) is 0 Å². The number of hydrogen-bond donors (Lipinski definition) is 3. The number of allylic oxidation sites excluding steroid dienone is 4. The molecule has 4 heteroatoms. The van der Waals surface area contributed by atoms with E-state index in [0.717, 1.165) is 66.5 Å². The van der Waals surface area contributed by atoms with E-state index < -0.39 is 12.2 Å². The average molecular weight is 429 g/mol. The van der Waals surface area contributed by atoms with Crippen LogP contribution in [-0.4, -0.2) is 33.1 Å². The monoisotopic (exact) mass is 428 g/mol. The Morgan fingerprint density at radius 3 is 2.52 bits per heavy atom. The molecule has 1 aliphatic heterocycles. The summed E-state index contributed by atoms with van der Waals surface area (Å²) >= 11 is 0. The zero-order valence-electron chi connectivity index (χ0n) is 20.0. The second-order valence-corrected chi connectivity index (χ2v) is 9.56. The molecule has 1 heterocycles. The summed E-state index contributed by atoms with van der Waals surface area (Å²) in [5.74, 6) is 1.24. The van der Waals surface area contributed by atoms with Crippen LogP contribution in [0, 0.1) is 6.92 Å². The number of aliphatic hydroxyl groups excluding tert-OH is 2. The molecule has 0 aromatic heterocycles. The number of rotatable bonds is 9. The molecule has 0 fully saturated rings. The van der Waals surface area contributed by atoms with Gasteiger partial charge in [-0.15, -0.1) is 0 Å². The van der Waals surface area contributed by atoms with Crippen LogP contribution in [0.3, 0.4) is 0 Å². The maximum Gasteiger partial charge on any atom is 0.126 e. The van der Waals surface area contributed by atoms with Gasteiger partial charge >= 0.3 is 0 Å². The molecule has 172 valence electrons. The second-order valence-electron chi connectivity index (χ2n) is 9.56. The Kier molecular flexibility index (Phi) is 8.96. The van der Waals surface area contributed by atoms with E-state index in [4.69, 9.17) is 4.74 Å². The number of aliphatic hydroxyl groups is 2. The lowest BCUT2D eigenvalue weighted by atomic mass is 9.87. The van der Waals surface area contributed by atoms with E-state index in [-0.39, 0.29) is 5.60 Å². The zero-order valence-corrected chi connectivity index (χ0v) is 20.0. The third kappa shape index (κ3) is 7.55. The number of aryl methyl sites for hydroxylation is 2. The molecular weight excluding hydrogens is 388 g/mol. The molecular formula is C27H40O4. The minimum Gasteiger partial charge on any atom is -0.508 e. The number of benzene rings is 1. The number of ether oxygens (including phenoxy) is 1. The Balaban J connectivity index is 1.84. The summed E-state index contributed by atoms with van der Waals surface area (Å²) in [5.41, 5.74) is 5.02. The maximum absolute atomic E-state index is 10.2. The van der Waals surface area contributed by atoms with Gasteiger partial charge in [0.1, 0.15) is 29.3 Å². The molecule has 0 spiro atoms. The third-order valence-corrected chi connectivity index (χ3v) is 6.07. The Bertz CT molecular complexity index is 845. The molecule has 0 aliphatic carbocycles. The van der Waals surface area contributed by atoms with Crippen molar-refractivity contribution in [3.05, 3.63) is 58.2 Å². The van der Waals surface area contributed by atoms with Crippen LogP contribution in [0.4, 0.5) is 0 Å². The van der Waals surface area contributed by atoms with Gasteiger partial charge < -0.3 is 20.1 Å². The molecule has 1 aliphatic rings. The summed E-state index contributed by atoms with van der Waals surface area (Å²) in [6, 6.07) is 3.58. The fourth-order valence-electron chi connectivity index (χ4n) is 4.11. The summed E-state index contributed by atoms with van der Waals surface area (Å²) in [6.07, 6.45) is 9.84. The number of aromatic hydroxyl groups is 1. The van der Waals surface area contributed by atoms with Crippen LogP contribution >= 0.6 is 0 Å². The van der Waals surface area contributed by atoms with Gasteiger partial charge in [-0.2, -0.15) is 0 Å². The molecule has 4 nitrogen and oxygen atoms in total. The molecule has 0 radical (unpaired) electrons. The molecule has 3 atom stereocenters. The predicted molar refractivity (Wildman–Crippen MR) is 128 cm³/mol. The van der Waals surface area contributed by atoms with E-state index >= 15 is 0 Å². The van der Waals surface area contributed by atoms with Crippen LogP contribution < -0.4 is 4.74 Å². The summed E-state index contributed by atoms with van der Waals surface area (Å²) in [7, 11) is 0. The van der Waals surface area contributed by atoms with Crippen molar-refractivity contribution in [3.63, 3.8) is 0 Å². The van der Waals surface area contributed by atoms with E-state index in [1.165, 1.54) is 5.57 Å². The van der Waals surface area contributed by atoms with Crippen LogP contribution in [0.1, 0.15) is 77.8 Å². The summed E-state index contributed by atoms with van der Waals surface area (Å²) < 4.78 is 6.37. The Morgan fingerprint density at radius 1 is 1.13 bits per heavy atom. The van der Waals surface area contributed by atoms with Crippen molar-refractivity contribution in [2.75, 3.05) is 0 Å². The summed E-state index contributed by atoms with van der Waals surface area (Å²) in [6.45, 7) is 12.0. The lowest BCUT2D eigenvalue weighted by Gasteiger charge is -2.36. The molecule has 1 aromatic carbocycles. The zero-order chi connectivity index (χ0) is 23.2. The van der Waals surface area contributed by atoms with Crippen molar-refractivity contribution in [1.82, 2.24) is 0 Å². The molecule has 31 heavy (non-hydrogen) atoms.